The minimum Gasteiger partial charge on any atom is -0.357 e. The van der Waals surface area contributed by atoms with Crippen LogP contribution in [0.2, 0.25) is 0 Å². The fraction of sp³-hybridized carbons (Fsp3) is 0.208. The maximum atomic E-state index is 12.9. The zero-order chi connectivity index (χ0) is 20.3. The number of carbonyl (C=O) groups excluding carboxylic acids is 1. The fourth-order valence-electron chi connectivity index (χ4n) is 3.99. The lowest BCUT2D eigenvalue weighted by Gasteiger charge is -2.34. The van der Waals surface area contributed by atoms with Gasteiger partial charge in [-0.3, -0.25) is 19.7 Å². The van der Waals surface area contributed by atoms with Gasteiger partial charge in [0.15, 0.2) is 0 Å². The number of carbonyl (C=O) groups is 1. The summed E-state index contributed by atoms with van der Waals surface area (Å²) in [5, 5.41) is 1.14. The summed E-state index contributed by atoms with van der Waals surface area (Å²) in [7, 11) is 0. The smallest absolute Gasteiger partial charge is 0.253 e. The molecule has 0 radical (unpaired) electrons. The zero-order valence-electron chi connectivity index (χ0n) is 16.7. The first kappa shape index (κ1) is 18.5. The van der Waals surface area contributed by atoms with Crippen molar-refractivity contribution in [2.24, 2.45) is 0 Å². The van der Waals surface area contributed by atoms with Crippen molar-refractivity contribution in [1.29, 1.82) is 0 Å². The Balaban J connectivity index is 1.19. The number of H-pyrrole nitrogens is 1. The molecule has 1 amide bonds. The van der Waals surface area contributed by atoms with Gasteiger partial charge < -0.3 is 9.88 Å². The molecule has 1 aliphatic rings. The van der Waals surface area contributed by atoms with Gasteiger partial charge in [-0.2, -0.15) is 0 Å². The number of aromatic amines is 1. The third-order valence-electron chi connectivity index (χ3n) is 5.66. The average Bonchev–Trinajstić information content (AvgIpc) is 3.22. The first-order chi connectivity index (χ1) is 14.8. The van der Waals surface area contributed by atoms with E-state index in [0.29, 0.717) is 0 Å². The molecule has 1 N–H and O–H groups in total. The Kier molecular flexibility index (Phi) is 4.99. The highest BCUT2D eigenvalue weighted by atomic mass is 16.2. The second kappa shape index (κ2) is 8.08. The maximum absolute atomic E-state index is 12.9. The van der Waals surface area contributed by atoms with Crippen LogP contribution in [0.4, 0.5) is 0 Å². The lowest BCUT2D eigenvalue weighted by atomic mass is 10.0. The number of aromatic nitrogens is 3. The van der Waals surface area contributed by atoms with Crippen LogP contribution in [0.5, 0.6) is 0 Å². The highest BCUT2D eigenvalue weighted by Crippen LogP contribution is 2.20. The molecule has 0 aliphatic carbocycles. The first-order valence-electron chi connectivity index (χ1n) is 10.2. The fourth-order valence-corrected chi connectivity index (χ4v) is 3.99. The second-order valence-corrected chi connectivity index (χ2v) is 7.64. The van der Waals surface area contributed by atoms with E-state index in [9.17, 15) is 4.79 Å². The van der Waals surface area contributed by atoms with Gasteiger partial charge in [-0.15, -0.1) is 0 Å². The van der Waals surface area contributed by atoms with E-state index in [1.54, 1.807) is 12.4 Å². The van der Waals surface area contributed by atoms with Crippen molar-refractivity contribution in [2.45, 2.75) is 6.54 Å². The molecule has 6 heteroatoms. The number of pyridine rings is 2. The van der Waals surface area contributed by atoms with E-state index in [1.807, 2.05) is 59.8 Å². The van der Waals surface area contributed by atoms with E-state index in [1.165, 1.54) is 5.69 Å². The molecule has 1 saturated heterocycles. The Hall–Kier alpha value is -3.51. The lowest BCUT2D eigenvalue weighted by molar-refractivity contribution is 0.0627. The van der Waals surface area contributed by atoms with Crippen LogP contribution in [0.25, 0.3) is 22.0 Å². The molecule has 30 heavy (non-hydrogen) atoms. The summed E-state index contributed by atoms with van der Waals surface area (Å²) in [5.41, 5.74) is 5.15. The van der Waals surface area contributed by atoms with Gasteiger partial charge in [0, 0.05) is 79.7 Å². The van der Waals surface area contributed by atoms with Gasteiger partial charge in [0.1, 0.15) is 0 Å². The third-order valence-corrected chi connectivity index (χ3v) is 5.66. The van der Waals surface area contributed by atoms with Crippen LogP contribution in [-0.2, 0) is 6.54 Å². The molecular weight excluding hydrogens is 374 g/mol. The number of piperazine rings is 1. The Morgan fingerprint density at radius 1 is 0.900 bits per heavy atom. The summed E-state index contributed by atoms with van der Waals surface area (Å²) < 4.78 is 0. The molecule has 5 rings (SSSR count). The quantitative estimate of drug-likeness (QED) is 0.572. The molecule has 0 bridgehead atoms. The molecule has 1 aromatic carbocycles. The number of hydrogen-bond acceptors (Lipinski definition) is 4. The van der Waals surface area contributed by atoms with Crippen LogP contribution in [0.1, 0.15) is 16.1 Å². The van der Waals surface area contributed by atoms with E-state index in [2.05, 4.69) is 25.9 Å². The van der Waals surface area contributed by atoms with Crippen molar-refractivity contribution in [3.63, 3.8) is 0 Å². The summed E-state index contributed by atoms with van der Waals surface area (Å²) in [4.78, 5) is 29.0. The van der Waals surface area contributed by atoms with Gasteiger partial charge in [0.2, 0.25) is 0 Å². The maximum Gasteiger partial charge on any atom is 0.253 e. The SMILES string of the molecule is O=C(c1ccc(-c2cccnc2)cc1)N1CCN(Cc2cc3cnccc3[nH]2)CC1. The van der Waals surface area contributed by atoms with Gasteiger partial charge in [0.05, 0.1) is 0 Å². The van der Waals surface area contributed by atoms with Crippen LogP contribution >= 0.6 is 0 Å². The predicted octanol–water partition coefficient (Wildman–Crippen LogP) is 3.58. The van der Waals surface area contributed by atoms with E-state index in [4.69, 9.17) is 0 Å². The minimum atomic E-state index is 0.101. The normalized spacial score (nSPS) is 14.9. The van der Waals surface area contributed by atoms with Crippen LogP contribution < -0.4 is 0 Å². The number of hydrogen-bond donors (Lipinski definition) is 1. The molecule has 150 valence electrons. The Labute approximate surface area is 175 Å². The largest absolute Gasteiger partial charge is 0.357 e. The summed E-state index contributed by atoms with van der Waals surface area (Å²) in [6.07, 6.45) is 7.28. The summed E-state index contributed by atoms with van der Waals surface area (Å²) in [6.45, 7) is 4.08. The highest BCUT2D eigenvalue weighted by molar-refractivity contribution is 5.94. The molecule has 1 aliphatic heterocycles. The molecular formula is C24H23N5O. The van der Waals surface area contributed by atoms with Gasteiger partial charge in [0.25, 0.3) is 5.91 Å². The molecule has 6 nitrogen and oxygen atoms in total. The number of nitrogens with zero attached hydrogens (tertiary/aromatic N) is 4. The minimum absolute atomic E-state index is 0.101. The van der Waals surface area contributed by atoms with Crippen LogP contribution in [-0.4, -0.2) is 56.8 Å². The standard InChI is InChI=1S/C24H23N5O/c30-24(19-5-3-18(4-6-19)20-2-1-8-25-15-20)29-12-10-28(11-13-29)17-22-14-21-16-26-9-7-23(21)27-22/h1-9,14-16,27H,10-13,17H2. The topological polar surface area (TPSA) is 65.1 Å². The third kappa shape index (κ3) is 3.82. The van der Waals surface area contributed by atoms with Crippen molar-refractivity contribution in [3.05, 3.63) is 84.6 Å². The number of fused-ring (bicyclic) bond motifs is 1. The van der Waals surface area contributed by atoms with Crippen LogP contribution in [0.15, 0.2) is 73.3 Å². The predicted molar refractivity (Wildman–Crippen MR) is 117 cm³/mol. The first-order valence-corrected chi connectivity index (χ1v) is 10.2. The average molecular weight is 397 g/mol. The van der Waals surface area contributed by atoms with Crippen molar-refractivity contribution in [3.8, 4) is 11.1 Å². The molecule has 0 unspecified atom stereocenters. The Morgan fingerprint density at radius 3 is 2.43 bits per heavy atom. The molecule has 4 aromatic rings. The van der Waals surface area contributed by atoms with Gasteiger partial charge in [-0.25, -0.2) is 0 Å². The van der Waals surface area contributed by atoms with Crippen molar-refractivity contribution in [1.82, 2.24) is 24.8 Å². The van der Waals surface area contributed by atoms with E-state index in [-0.39, 0.29) is 5.91 Å². The van der Waals surface area contributed by atoms with Gasteiger partial charge in [-0.1, -0.05) is 18.2 Å². The van der Waals surface area contributed by atoms with Gasteiger partial charge in [-0.05, 0) is 41.5 Å². The second-order valence-electron chi connectivity index (χ2n) is 7.64. The van der Waals surface area contributed by atoms with Crippen LogP contribution in [0.3, 0.4) is 0 Å². The van der Waals surface area contributed by atoms with E-state index < -0.39 is 0 Å². The molecule has 4 heterocycles. The summed E-state index contributed by atoms with van der Waals surface area (Å²) >= 11 is 0. The number of benzene rings is 1. The molecule has 1 fully saturated rings. The van der Waals surface area contributed by atoms with E-state index in [0.717, 1.165) is 60.3 Å². The number of nitrogens with one attached hydrogen (secondary N) is 1. The van der Waals surface area contributed by atoms with Gasteiger partial charge >= 0.3 is 0 Å². The Bertz CT molecular complexity index is 1110. The number of amides is 1. The molecule has 0 saturated carbocycles. The lowest BCUT2D eigenvalue weighted by Crippen LogP contribution is -2.48. The van der Waals surface area contributed by atoms with Crippen molar-refractivity contribution >= 4 is 16.8 Å². The zero-order valence-corrected chi connectivity index (χ0v) is 16.7. The monoisotopic (exact) mass is 397 g/mol. The molecule has 3 aromatic heterocycles. The van der Waals surface area contributed by atoms with Crippen molar-refractivity contribution < 1.29 is 4.79 Å². The summed E-state index contributed by atoms with van der Waals surface area (Å²) in [5.74, 6) is 0.101. The molecule has 0 atom stereocenters. The molecule has 0 spiro atoms. The Morgan fingerprint density at radius 2 is 1.70 bits per heavy atom. The van der Waals surface area contributed by atoms with Crippen LogP contribution in [0, 0.1) is 0 Å². The highest BCUT2D eigenvalue weighted by Gasteiger charge is 2.22. The van der Waals surface area contributed by atoms with Crippen molar-refractivity contribution in [2.75, 3.05) is 26.2 Å². The number of rotatable bonds is 4. The summed E-state index contributed by atoms with van der Waals surface area (Å²) in [6, 6.07) is 15.9. The van der Waals surface area contributed by atoms with E-state index >= 15 is 0 Å².